The summed E-state index contributed by atoms with van der Waals surface area (Å²) in [5, 5.41) is 2.80. The van der Waals surface area contributed by atoms with Crippen molar-refractivity contribution in [3.8, 4) is 0 Å². The quantitative estimate of drug-likeness (QED) is 0.895. The van der Waals surface area contributed by atoms with Gasteiger partial charge in [0, 0.05) is 23.6 Å². The van der Waals surface area contributed by atoms with Gasteiger partial charge in [-0.05, 0) is 30.5 Å². The van der Waals surface area contributed by atoms with Crippen LogP contribution in [0.4, 0.5) is 0 Å². The second-order valence-corrected chi connectivity index (χ2v) is 6.18. The molecule has 0 heterocycles. The van der Waals surface area contributed by atoms with Crippen LogP contribution in [0, 0.1) is 12.8 Å². The van der Waals surface area contributed by atoms with Gasteiger partial charge >= 0.3 is 0 Å². The molecule has 0 saturated heterocycles. The van der Waals surface area contributed by atoms with Crippen LogP contribution in [-0.4, -0.2) is 36.9 Å². The van der Waals surface area contributed by atoms with Crippen LogP contribution in [0.5, 0.6) is 0 Å². The number of carbonyl (C=O) groups is 2. The first-order valence-electron chi connectivity index (χ1n) is 6.59. The lowest BCUT2D eigenvalue weighted by atomic mass is 10.1. The summed E-state index contributed by atoms with van der Waals surface area (Å²) >= 11 is 3.41. The fourth-order valence-electron chi connectivity index (χ4n) is 1.61. The Kier molecular flexibility index (Phi) is 6.20. The summed E-state index contributed by atoms with van der Waals surface area (Å²) in [6.45, 7) is 6.70. The van der Waals surface area contributed by atoms with Crippen molar-refractivity contribution in [3.05, 3.63) is 33.8 Å². The number of nitrogens with one attached hydrogen (secondary N) is 1. The van der Waals surface area contributed by atoms with E-state index in [1.165, 1.54) is 4.90 Å². The van der Waals surface area contributed by atoms with Gasteiger partial charge in [-0.25, -0.2) is 0 Å². The monoisotopic (exact) mass is 340 g/mol. The topological polar surface area (TPSA) is 49.4 Å². The lowest BCUT2D eigenvalue weighted by Crippen LogP contribution is -2.39. The van der Waals surface area contributed by atoms with Crippen LogP contribution < -0.4 is 5.32 Å². The first kappa shape index (κ1) is 16.7. The zero-order chi connectivity index (χ0) is 15.3. The van der Waals surface area contributed by atoms with Gasteiger partial charge in [-0.3, -0.25) is 9.59 Å². The van der Waals surface area contributed by atoms with Crippen molar-refractivity contribution in [2.45, 2.75) is 20.8 Å². The van der Waals surface area contributed by atoms with Gasteiger partial charge in [0.1, 0.15) is 0 Å². The maximum absolute atomic E-state index is 12.2. The van der Waals surface area contributed by atoms with E-state index in [9.17, 15) is 9.59 Å². The van der Waals surface area contributed by atoms with Gasteiger partial charge in [0.25, 0.3) is 5.91 Å². The van der Waals surface area contributed by atoms with Gasteiger partial charge in [-0.2, -0.15) is 0 Å². The molecule has 0 bridgehead atoms. The normalized spacial score (nSPS) is 10.5. The fraction of sp³-hybridized carbons (Fsp3) is 0.467. The van der Waals surface area contributed by atoms with Crippen molar-refractivity contribution in [2.24, 2.45) is 5.92 Å². The van der Waals surface area contributed by atoms with Gasteiger partial charge in [-0.1, -0.05) is 35.8 Å². The zero-order valence-electron chi connectivity index (χ0n) is 12.4. The summed E-state index contributed by atoms with van der Waals surface area (Å²) in [7, 11) is 1.63. The van der Waals surface area contributed by atoms with Crippen LogP contribution in [-0.2, 0) is 4.79 Å². The van der Waals surface area contributed by atoms with Gasteiger partial charge in [-0.15, -0.1) is 0 Å². The van der Waals surface area contributed by atoms with Crippen molar-refractivity contribution < 1.29 is 9.59 Å². The highest BCUT2D eigenvalue weighted by Gasteiger charge is 2.15. The molecular formula is C15H21BrN2O2. The molecule has 20 heavy (non-hydrogen) atoms. The van der Waals surface area contributed by atoms with Gasteiger partial charge in [0.05, 0.1) is 6.54 Å². The number of likely N-dealkylation sites (N-methyl/N-ethyl adjacent to an activating group) is 1. The molecule has 0 saturated carbocycles. The molecule has 1 aromatic carbocycles. The SMILES string of the molecule is Cc1ccc(C(=O)N(C)CC(=O)NCC(C)C)cc1Br. The molecule has 0 fully saturated rings. The molecule has 0 aromatic heterocycles. The molecule has 0 unspecified atom stereocenters. The smallest absolute Gasteiger partial charge is 0.254 e. The number of aryl methyl sites for hydroxylation is 1. The third-order valence-corrected chi connectivity index (χ3v) is 3.71. The van der Waals surface area contributed by atoms with Crippen LogP contribution >= 0.6 is 15.9 Å². The lowest BCUT2D eigenvalue weighted by Gasteiger charge is -2.17. The molecule has 5 heteroatoms. The Labute approximate surface area is 128 Å². The fourth-order valence-corrected chi connectivity index (χ4v) is 1.99. The van der Waals surface area contributed by atoms with Crippen molar-refractivity contribution in [1.29, 1.82) is 0 Å². The van der Waals surface area contributed by atoms with Crippen LogP contribution in [0.25, 0.3) is 0 Å². The van der Waals surface area contributed by atoms with E-state index in [0.717, 1.165) is 10.0 Å². The Bertz CT molecular complexity index is 501. The summed E-state index contributed by atoms with van der Waals surface area (Å²) in [5.74, 6) is 0.0964. The summed E-state index contributed by atoms with van der Waals surface area (Å²) in [6, 6.07) is 5.43. The van der Waals surface area contributed by atoms with E-state index in [2.05, 4.69) is 21.2 Å². The van der Waals surface area contributed by atoms with Gasteiger partial charge in [0.2, 0.25) is 5.91 Å². The minimum absolute atomic E-state index is 0.0665. The minimum atomic E-state index is -0.162. The highest BCUT2D eigenvalue weighted by molar-refractivity contribution is 9.10. The molecule has 4 nitrogen and oxygen atoms in total. The maximum atomic E-state index is 12.2. The average molecular weight is 341 g/mol. The Balaban J connectivity index is 2.62. The second-order valence-electron chi connectivity index (χ2n) is 5.32. The van der Waals surface area contributed by atoms with Gasteiger partial charge in [0.15, 0.2) is 0 Å². The molecule has 1 N–H and O–H groups in total. The highest BCUT2D eigenvalue weighted by atomic mass is 79.9. The molecule has 0 atom stereocenters. The highest BCUT2D eigenvalue weighted by Crippen LogP contribution is 2.18. The average Bonchev–Trinajstić information content (AvgIpc) is 2.38. The zero-order valence-corrected chi connectivity index (χ0v) is 14.0. The van der Waals surface area contributed by atoms with Crippen LogP contribution in [0.3, 0.4) is 0 Å². The Morgan fingerprint density at radius 1 is 1.35 bits per heavy atom. The summed E-state index contributed by atoms with van der Waals surface area (Å²) < 4.78 is 0.890. The summed E-state index contributed by atoms with van der Waals surface area (Å²) in [5.41, 5.74) is 1.64. The molecular weight excluding hydrogens is 320 g/mol. The van der Waals surface area contributed by atoms with E-state index in [1.807, 2.05) is 26.8 Å². The third-order valence-electron chi connectivity index (χ3n) is 2.85. The first-order valence-corrected chi connectivity index (χ1v) is 7.39. The molecule has 0 spiro atoms. The van der Waals surface area contributed by atoms with Crippen molar-refractivity contribution >= 4 is 27.7 Å². The maximum Gasteiger partial charge on any atom is 0.254 e. The number of hydrogen-bond acceptors (Lipinski definition) is 2. The minimum Gasteiger partial charge on any atom is -0.354 e. The first-order chi connectivity index (χ1) is 9.31. The Morgan fingerprint density at radius 3 is 2.55 bits per heavy atom. The number of carbonyl (C=O) groups excluding carboxylic acids is 2. The summed E-state index contributed by atoms with van der Waals surface area (Å²) in [6.07, 6.45) is 0. The molecule has 1 aromatic rings. The van der Waals surface area contributed by atoms with E-state index in [1.54, 1.807) is 19.2 Å². The number of amides is 2. The molecule has 0 radical (unpaired) electrons. The van der Waals surface area contributed by atoms with E-state index >= 15 is 0 Å². The van der Waals surface area contributed by atoms with Crippen LogP contribution in [0.15, 0.2) is 22.7 Å². The second kappa shape index (κ2) is 7.43. The molecule has 0 aliphatic heterocycles. The summed E-state index contributed by atoms with van der Waals surface area (Å²) in [4.78, 5) is 25.3. The number of rotatable bonds is 5. The molecule has 2 amide bonds. The van der Waals surface area contributed by atoms with Crippen LogP contribution in [0.2, 0.25) is 0 Å². The predicted octanol–water partition coefficient (Wildman–Crippen LogP) is 2.60. The number of nitrogens with zero attached hydrogens (tertiary/aromatic N) is 1. The molecule has 0 aliphatic carbocycles. The number of hydrogen-bond donors (Lipinski definition) is 1. The number of halogens is 1. The van der Waals surface area contributed by atoms with Crippen molar-refractivity contribution in [3.63, 3.8) is 0 Å². The van der Waals surface area contributed by atoms with E-state index in [-0.39, 0.29) is 18.4 Å². The predicted molar refractivity (Wildman–Crippen MR) is 83.7 cm³/mol. The standard InChI is InChI=1S/C15H21BrN2O2/c1-10(2)8-17-14(19)9-18(4)15(20)12-6-5-11(3)13(16)7-12/h5-7,10H,8-9H2,1-4H3,(H,17,19). The van der Waals surface area contributed by atoms with Crippen molar-refractivity contribution in [1.82, 2.24) is 10.2 Å². The van der Waals surface area contributed by atoms with E-state index in [0.29, 0.717) is 18.0 Å². The van der Waals surface area contributed by atoms with Crippen molar-refractivity contribution in [2.75, 3.05) is 20.1 Å². The number of benzene rings is 1. The van der Waals surface area contributed by atoms with E-state index < -0.39 is 0 Å². The lowest BCUT2D eigenvalue weighted by molar-refractivity contribution is -0.121. The van der Waals surface area contributed by atoms with Crippen LogP contribution in [0.1, 0.15) is 29.8 Å². The van der Waals surface area contributed by atoms with E-state index in [4.69, 9.17) is 0 Å². The Morgan fingerprint density at radius 2 is 2.00 bits per heavy atom. The molecule has 110 valence electrons. The molecule has 0 aliphatic rings. The van der Waals surface area contributed by atoms with Gasteiger partial charge < -0.3 is 10.2 Å². The molecule has 1 rings (SSSR count). The third kappa shape index (κ3) is 4.96. The Hall–Kier alpha value is -1.36. The largest absolute Gasteiger partial charge is 0.354 e.